The summed E-state index contributed by atoms with van der Waals surface area (Å²) in [5.41, 5.74) is -1.85. The average molecular weight is 558 g/mol. The van der Waals surface area contributed by atoms with E-state index in [0.29, 0.717) is 18.6 Å². The number of fused-ring (bicyclic) bond motifs is 2. The topological polar surface area (TPSA) is 138 Å². The minimum Gasteiger partial charge on any atom is -0.488 e. The maximum atomic E-state index is 13.3. The highest BCUT2D eigenvalue weighted by molar-refractivity contribution is 5.73. The number of esters is 1. The van der Waals surface area contributed by atoms with Crippen molar-refractivity contribution in [3.8, 4) is 0 Å². The van der Waals surface area contributed by atoms with Crippen LogP contribution in [-0.4, -0.2) is 106 Å². The van der Waals surface area contributed by atoms with Gasteiger partial charge in [0.15, 0.2) is 6.29 Å². The lowest BCUT2D eigenvalue weighted by Crippen LogP contribution is -2.58. The van der Waals surface area contributed by atoms with Gasteiger partial charge in [-0.25, -0.2) is 0 Å². The molecule has 0 aromatic carbocycles. The van der Waals surface area contributed by atoms with Crippen LogP contribution in [-0.2, 0) is 23.7 Å². The van der Waals surface area contributed by atoms with Gasteiger partial charge in [-0.3, -0.25) is 4.79 Å². The van der Waals surface area contributed by atoms with Gasteiger partial charge in [-0.15, -0.1) is 0 Å². The zero-order valence-electron chi connectivity index (χ0n) is 25.2. The third kappa shape index (κ3) is 6.17. The highest BCUT2D eigenvalue weighted by Gasteiger charge is 2.55. The van der Waals surface area contributed by atoms with E-state index < -0.39 is 71.7 Å². The van der Waals surface area contributed by atoms with E-state index in [1.54, 1.807) is 27.7 Å². The molecule has 0 amide bonds. The smallest absolute Gasteiger partial charge is 0.311 e. The van der Waals surface area contributed by atoms with Crippen LogP contribution in [0.3, 0.4) is 0 Å². The van der Waals surface area contributed by atoms with Gasteiger partial charge in [-0.2, -0.15) is 0 Å². The van der Waals surface area contributed by atoms with E-state index in [1.807, 2.05) is 39.8 Å². The first-order chi connectivity index (χ1) is 18.0. The number of hydrogen-bond acceptors (Lipinski definition) is 10. The van der Waals surface area contributed by atoms with Crippen LogP contribution in [0.25, 0.3) is 0 Å². The Morgan fingerprint density at radius 1 is 1.15 bits per heavy atom. The zero-order valence-corrected chi connectivity index (χ0v) is 25.2. The van der Waals surface area contributed by atoms with E-state index in [2.05, 4.69) is 0 Å². The van der Waals surface area contributed by atoms with Crippen LogP contribution in [0.5, 0.6) is 0 Å². The fourth-order valence-corrected chi connectivity index (χ4v) is 6.73. The molecule has 10 nitrogen and oxygen atoms in total. The molecule has 3 heterocycles. The summed E-state index contributed by atoms with van der Waals surface area (Å²) in [6, 6.07) is -0.184. The predicted octanol–water partition coefficient (Wildman–Crippen LogP) is 1.97. The second-order valence-corrected chi connectivity index (χ2v) is 12.8. The first kappa shape index (κ1) is 32.2. The largest absolute Gasteiger partial charge is 0.488 e. The van der Waals surface area contributed by atoms with Crippen molar-refractivity contribution in [3.63, 3.8) is 0 Å². The number of rotatable bonds is 6. The highest BCUT2D eigenvalue weighted by atomic mass is 16.7. The number of carbonyl (C=O) groups is 1. The number of ether oxygens (including phenoxy) is 4. The third-order valence-corrected chi connectivity index (χ3v) is 9.19. The number of likely N-dealkylation sites (N-methyl/N-ethyl adjacent to an activating group) is 1. The number of aliphatic hydroxyl groups is 4. The SMILES string of the molecule is CC[C@@H](O)[C@@](C)(O)[C@@H]1OC(=O)[C@H](C)[C@@H](O)[C@H](C)[C@@H](O[C@@H]2OC(C)CC(N(C)C)C2O)C2(C)CC(C)=C(O2)[C@@H]1C. The minimum absolute atomic E-state index is 0.164. The Labute approximate surface area is 233 Å². The van der Waals surface area contributed by atoms with Gasteiger partial charge in [0.2, 0.25) is 0 Å². The predicted molar refractivity (Wildman–Crippen MR) is 144 cm³/mol. The normalized spacial score (nSPS) is 44.3. The number of hydrogen-bond donors (Lipinski definition) is 4. The van der Waals surface area contributed by atoms with Crippen LogP contribution in [0.15, 0.2) is 11.3 Å². The summed E-state index contributed by atoms with van der Waals surface area (Å²) in [4.78, 5) is 15.3. The summed E-state index contributed by atoms with van der Waals surface area (Å²) in [6.45, 7) is 14.1. The summed E-state index contributed by atoms with van der Waals surface area (Å²) >= 11 is 0. The van der Waals surface area contributed by atoms with Crippen molar-refractivity contribution >= 4 is 5.97 Å². The molecule has 39 heavy (non-hydrogen) atoms. The van der Waals surface area contributed by atoms with Crippen LogP contribution in [0.4, 0.5) is 0 Å². The van der Waals surface area contributed by atoms with E-state index in [0.717, 1.165) is 5.57 Å². The fraction of sp³-hybridized carbons (Fsp3) is 0.897. The van der Waals surface area contributed by atoms with Crippen LogP contribution in [0.2, 0.25) is 0 Å². The highest BCUT2D eigenvalue weighted by Crippen LogP contribution is 2.47. The number of cyclic esters (lactones) is 1. The molecule has 2 fully saturated rings. The van der Waals surface area contributed by atoms with Crippen LogP contribution >= 0.6 is 0 Å². The number of carbonyl (C=O) groups excluding carboxylic acids is 1. The quantitative estimate of drug-likeness (QED) is 0.359. The number of aliphatic hydroxyl groups excluding tert-OH is 3. The van der Waals surface area contributed by atoms with Gasteiger partial charge in [0, 0.05) is 18.4 Å². The Balaban J connectivity index is 2.05. The maximum absolute atomic E-state index is 13.3. The zero-order chi connectivity index (χ0) is 29.6. The molecule has 0 aromatic heterocycles. The second-order valence-electron chi connectivity index (χ2n) is 12.8. The Kier molecular flexibility index (Phi) is 9.85. The van der Waals surface area contributed by atoms with Gasteiger partial charge in [0.25, 0.3) is 0 Å². The van der Waals surface area contributed by atoms with Gasteiger partial charge in [0.05, 0.1) is 30.1 Å². The molecular formula is C29H51NO9. The van der Waals surface area contributed by atoms with E-state index in [1.165, 1.54) is 6.92 Å². The molecule has 3 rings (SSSR count). The van der Waals surface area contributed by atoms with Gasteiger partial charge in [0.1, 0.15) is 35.3 Å². The van der Waals surface area contributed by atoms with Crippen LogP contribution in [0.1, 0.15) is 74.7 Å². The molecule has 13 atom stereocenters. The van der Waals surface area contributed by atoms with Crippen molar-refractivity contribution in [3.05, 3.63) is 11.3 Å². The van der Waals surface area contributed by atoms with Gasteiger partial charge < -0.3 is 44.3 Å². The standard InChI is InChI=1S/C29H51NO9/c1-11-20(31)29(8,35)25-18(6)23-14(2)13-28(7,39-23)24(16(4)21(32)17(5)26(34)37-25)38-27-22(33)19(30(9)10)12-15(3)36-27/h15-22,24-25,27,31-33,35H,11-13H2,1-10H3/t15?,16-,17+,18-,19?,20+,21-,22?,24+,25+,27-,28?,29+/m0/s1. The van der Waals surface area contributed by atoms with Crippen molar-refractivity contribution in [1.29, 1.82) is 0 Å². The molecule has 0 saturated carbocycles. The fourth-order valence-electron chi connectivity index (χ4n) is 6.73. The lowest BCUT2D eigenvalue weighted by Gasteiger charge is -2.46. The van der Waals surface area contributed by atoms with E-state index in [-0.39, 0.29) is 18.6 Å². The summed E-state index contributed by atoms with van der Waals surface area (Å²) in [5, 5.41) is 44.6. The van der Waals surface area contributed by atoms with Gasteiger partial charge in [-0.1, -0.05) is 20.8 Å². The second kappa shape index (κ2) is 11.9. The van der Waals surface area contributed by atoms with Crippen molar-refractivity contribution in [1.82, 2.24) is 4.90 Å². The Hall–Kier alpha value is -1.27. The molecule has 0 radical (unpaired) electrons. The third-order valence-electron chi connectivity index (χ3n) is 9.19. The van der Waals surface area contributed by atoms with Gasteiger partial charge in [-0.05, 0) is 67.1 Å². The minimum atomic E-state index is -1.77. The molecule has 226 valence electrons. The molecule has 2 bridgehead atoms. The monoisotopic (exact) mass is 557 g/mol. The van der Waals surface area contributed by atoms with Crippen molar-refractivity contribution in [2.75, 3.05) is 14.1 Å². The molecule has 0 aliphatic carbocycles. The summed E-state index contributed by atoms with van der Waals surface area (Å²) in [7, 11) is 3.80. The lowest BCUT2D eigenvalue weighted by molar-refractivity contribution is -0.297. The molecular weight excluding hydrogens is 506 g/mol. The summed E-state index contributed by atoms with van der Waals surface area (Å²) < 4.78 is 25.1. The molecule has 0 spiro atoms. The Bertz CT molecular complexity index is 907. The van der Waals surface area contributed by atoms with E-state index >= 15 is 0 Å². The van der Waals surface area contributed by atoms with Crippen molar-refractivity contribution in [2.45, 2.75) is 135 Å². The molecule has 10 heteroatoms. The van der Waals surface area contributed by atoms with Gasteiger partial charge >= 0.3 is 5.97 Å². The van der Waals surface area contributed by atoms with E-state index in [9.17, 15) is 25.2 Å². The van der Waals surface area contributed by atoms with Crippen LogP contribution in [0, 0.1) is 17.8 Å². The molecule has 4 N–H and O–H groups in total. The summed E-state index contributed by atoms with van der Waals surface area (Å²) in [5.74, 6) is -2.32. The maximum Gasteiger partial charge on any atom is 0.311 e. The molecule has 3 aliphatic rings. The average Bonchev–Trinajstić information content (AvgIpc) is 3.18. The van der Waals surface area contributed by atoms with Crippen molar-refractivity contribution < 1.29 is 44.2 Å². The lowest BCUT2D eigenvalue weighted by atomic mass is 9.79. The first-order valence-corrected chi connectivity index (χ1v) is 14.3. The number of nitrogens with zero attached hydrogens (tertiary/aromatic N) is 1. The van der Waals surface area contributed by atoms with E-state index in [4.69, 9.17) is 18.9 Å². The Morgan fingerprint density at radius 2 is 1.77 bits per heavy atom. The molecule has 2 saturated heterocycles. The van der Waals surface area contributed by atoms with Crippen molar-refractivity contribution in [2.24, 2.45) is 17.8 Å². The Morgan fingerprint density at radius 3 is 2.33 bits per heavy atom. The molecule has 0 aromatic rings. The molecule has 3 aliphatic heterocycles. The van der Waals surface area contributed by atoms with Crippen LogP contribution < -0.4 is 0 Å². The first-order valence-electron chi connectivity index (χ1n) is 14.3. The summed E-state index contributed by atoms with van der Waals surface area (Å²) in [6.07, 6.45) is -4.95. The molecule has 4 unspecified atom stereocenters.